The minimum atomic E-state index is -0.423. The summed E-state index contributed by atoms with van der Waals surface area (Å²) in [6.45, 7) is 0. The molecule has 50 valence electrons. The Morgan fingerprint density at radius 3 is 2.00 bits per heavy atom. The van der Waals surface area contributed by atoms with Gasteiger partial charge < -0.3 is 0 Å². The fraction of sp³-hybridized carbons (Fsp3) is 1.00. The van der Waals surface area contributed by atoms with Gasteiger partial charge in [0.15, 0.2) is 0 Å². The van der Waals surface area contributed by atoms with Crippen molar-refractivity contribution < 1.29 is 0 Å². The van der Waals surface area contributed by atoms with Gasteiger partial charge in [-0.15, -0.1) is 0 Å². The average Bonchev–Trinajstić information content (AvgIpc) is 1.90. The first-order valence-electron chi connectivity index (χ1n) is 3.21. The number of hydrogen-bond acceptors (Lipinski definition) is 1. The molecule has 1 aliphatic heterocycles. The molecule has 4 heteroatoms. The molecule has 0 saturated carbocycles. The van der Waals surface area contributed by atoms with E-state index >= 15 is 0 Å². The van der Waals surface area contributed by atoms with E-state index in [-0.39, 0.29) is 37.7 Å². The molecule has 1 saturated heterocycles. The molecule has 0 unspecified atom stereocenters. The summed E-state index contributed by atoms with van der Waals surface area (Å²) in [6, 6.07) is 0. The quantitative estimate of drug-likeness (QED) is 0.593. The van der Waals surface area contributed by atoms with E-state index in [1.54, 1.807) is 9.34 Å². The SMILES string of the molecule is Cl[S][Al]1[CH2]CCC[CH2]1.[CaH2]. The molecule has 0 aliphatic carbocycles. The zero-order chi connectivity index (χ0) is 5.82. The maximum atomic E-state index is 5.66. The Morgan fingerprint density at radius 2 is 1.67 bits per heavy atom. The number of rotatable bonds is 1. The fourth-order valence-corrected chi connectivity index (χ4v) is 6.25. The van der Waals surface area contributed by atoms with E-state index in [0.717, 1.165) is 0 Å². The van der Waals surface area contributed by atoms with Crippen molar-refractivity contribution in [2.45, 2.75) is 29.8 Å². The van der Waals surface area contributed by atoms with Gasteiger partial charge in [0, 0.05) is 0 Å². The van der Waals surface area contributed by atoms with Crippen molar-refractivity contribution >= 4 is 70.8 Å². The average molecular weight is 207 g/mol. The van der Waals surface area contributed by atoms with Crippen LogP contribution in [0.3, 0.4) is 0 Å². The molecule has 0 atom stereocenters. The van der Waals surface area contributed by atoms with Gasteiger partial charge in [-0.3, -0.25) is 0 Å². The maximum absolute atomic E-state index is 5.66. The zero-order valence-corrected chi connectivity index (χ0v) is 7.63. The number of hydrogen-bond donors (Lipinski definition) is 0. The number of halogens is 1. The van der Waals surface area contributed by atoms with Gasteiger partial charge in [0.2, 0.25) is 0 Å². The van der Waals surface area contributed by atoms with Crippen LogP contribution in [0.4, 0.5) is 0 Å². The summed E-state index contributed by atoms with van der Waals surface area (Å²) in [4.78, 5) is 0. The molecular weight excluding hydrogens is 195 g/mol. The van der Waals surface area contributed by atoms with Crippen molar-refractivity contribution in [2.24, 2.45) is 0 Å². The fourth-order valence-electron chi connectivity index (χ4n) is 1.15. The Hall–Kier alpha value is 2.43. The third-order valence-corrected chi connectivity index (χ3v) is 8.47. The molecule has 0 aromatic carbocycles. The molecule has 0 bridgehead atoms. The molecule has 0 aromatic rings. The van der Waals surface area contributed by atoms with Crippen LogP contribution in [-0.2, 0) is 0 Å². The van der Waals surface area contributed by atoms with Crippen molar-refractivity contribution in [2.75, 3.05) is 0 Å². The van der Waals surface area contributed by atoms with Crippen molar-refractivity contribution in [1.29, 1.82) is 0 Å². The van der Waals surface area contributed by atoms with Gasteiger partial charge in [0.25, 0.3) is 0 Å². The molecule has 0 aromatic heterocycles. The summed E-state index contributed by atoms with van der Waals surface area (Å²) in [5.74, 6) is 0. The van der Waals surface area contributed by atoms with Crippen LogP contribution < -0.4 is 0 Å². The zero-order valence-electron chi connectivity index (χ0n) is 4.90. The molecule has 0 spiro atoms. The van der Waals surface area contributed by atoms with Gasteiger partial charge in [0.05, 0.1) is 0 Å². The van der Waals surface area contributed by atoms with Gasteiger partial charge in [-0.1, -0.05) is 40.5 Å². The molecule has 1 fully saturated rings. The van der Waals surface area contributed by atoms with Crippen LogP contribution in [0.2, 0.25) is 10.6 Å². The minimum absolute atomic E-state index is 0. The molecule has 1 heterocycles. The third-order valence-electron chi connectivity index (χ3n) is 1.68. The van der Waals surface area contributed by atoms with Crippen LogP contribution in [0.1, 0.15) is 19.3 Å². The Morgan fingerprint density at radius 1 is 1.11 bits per heavy atom. The molecule has 0 radical (unpaired) electrons. The second-order valence-electron chi connectivity index (χ2n) is 2.35. The van der Waals surface area contributed by atoms with Crippen LogP contribution in [0.25, 0.3) is 0 Å². The van der Waals surface area contributed by atoms with E-state index in [9.17, 15) is 0 Å². The molecule has 0 amide bonds. The summed E-state index contributed by atoms with van der Waals surface area (Å²) in [6.07, 6.45) is 4.37. The van der Waals surface area contributed by atoms with Crippen molar-refractivity contribution in [3.8, 4) is 0 Å². The van der Waals surface area contributed by atoms with Crippen LogP contribution in [0.5, 0.6) is 0 Å². The second kappa shape index (κ2) is 7.10. The van der Waals surface area contributed by atoms with Gasteiger partial charge in [-0.2, -0.15) is 9.34 Å². The Labute approximate surface area is 99.0 Å². The van der Waals surface area contributed by atoms with Crippen LogP contribution >= 0.6 is 20.0 Å². The van der Waals surface area contributed by atoms with Crippen molar-refractivity contribution in [1.82, 2.24) is 0 Å². The van der Waals surface area contributed by atoms with Crippen molar-refractivity contribution in [3.05, 3.63) is 0 Å². The summed E-state index contributed by atoms with van der Waals surface area (Å²) in [5, 5.41) is 2.96. The predicted molar refractivity (Wildman–Crippen MR) is 51.2 cm³/mol. The van der Waals surface area contributed by atoms with Gasteiger partial charge in [-0.05, 0) is 0 Å². The Bertz CT molecular complexity index is 68.0. The van der Waals surface area contributed by atoms with Crippen LogP contribution in [0, 0.1) is 0 Å². The first-order chi connectivity index (χ1) is 3.93. The van der Waals surface area contributed by atoms with Gasteiger partial charge >= 0.3 is 50.8 Å². The summed E-state index contributed by atoms with van der Waals surface area (Å²) in [5.41, 5.74) is 0. The molecule has 9 heavy (non-hydrogen) atoms. The second-order valence-corrected chi connectivity index (χ2v) is 9.06. The summed E-state index contributed by atoms with van der Waals surface area (Å²) >= 11 is -0.423. The first-order valence-corrected chi connectivity index (χ1v) is 7.96. The van der Waals surface area contributed by atoms with E-state index in [2.05, 4.69) is 0 Å². The summed E-state index contributed by atoms with van der Waals surface area (Å²) < 4.78 is 0. The molecule has 1 rings (SSSR count). The summed E-state index contributed by atoms with van der Waals surface area (Å²) in [7, 11) is 7.32. The predicted octanol–water partition coefficient (Wildman–Crippen LogP) is 2.13. The Balaban J connectivity index is 0.000000640. The van der Waals surface area contributed by atoms with E-state index in [4.69, 9.17) is 10.7 Å². The first kappa shape index (κ1) is 11.4. The molecule has 1 aliphatic rings. The van der Waals surface area contributed by atoms with Gasteiger partial charge in [-0.25, -0.2) is 0 Å². The third kappa shape index (κ3) is 4.80. The van der Waals surface area contributed by atoms with E-state index in [1.165, 1.54) is 29.8 Å². The topological polar surface area (TPSA) is 0 Å². The molecular formula is C5H12AlCaClS. The van der Waals surface area contributed by atoms with Crippen LogP contribution in [0.15, 0.2) is 0 Å². The van der Waals surface area contributed by atoms with E-state index in [0.29, 0.717) is 0 Å². The van der Waals surface area contributed by atoms with Crippen molar-refractivity contribution in [3.63, 3.8) is 0 Å². The molecule has 0 nitrogen and oxygen atoms in total. The normalized spacial score (nSPS) is 19.0. The van der Waals surface area contributed by atoms with Crippen LogP contribution in [-0.4, -0.2) is 50.8 Å². The van der Waals surface area contributed by atoms with E-state index in [1.807, 2.05) is 0 Å². The molecule has 0 N–H and O–H groups in total. The van der Waals surface area contributed by atoms with Gasteiger partial charge in [0.1, 0.15) is 0 Å². The standard InChI is InChI=1S/C5H10.Al.Ca.ClS.2H/c1-3-5-4-2;;;1-2;;/h1-5H2;;;;;/q;+1;;-1;;. The monoisotopic (exact) mass is 206 g/mol. The van der Waals surface area contributed by atoms with E-state index < -0.39 is 13.0 Å². The Kier molecular flexibility index (Phi) is 9.02.